The lowest BCUT2D eigenvalue weighted by atomic mass is 10.1. The van der Waals surface area contributed by atoms with Crippen molar-refractivity contribution in [2.75, 3.05) is 32.8 Å². The Labute approximate surface area is 170 Å². The third-order valence-electron chi connectivity index (χ3n) is 6.24. The molecule has 0 unspecified atom stereocenters. The van der Waals surface area contributed by atoms with E-state index in [9.17, 15) is 9.18 Å². The van der Waals surface area contributed by atoms with Gasteiger partial charge in [0.25, 0.3) is 5.91 Å². The molecule has 5 rings (SSSR count). The minimum absolute atomic E-state index is 0.00633. The molecule has 0 bridgehead atoms. The molecule has 1 saturated heterocycles. The molecule has 1 aliphatic carbocycles. The zero-order valence-electron chi connectivity index (χ0n) is 16.6. The van der Waals surface area contributed by atoms with E-state index < -0.39 is 0 Å². The first-order valence-electron chi connectivity index (χ1n) is 10.6. The van der Waals surface area contributed by atoms with Crippen molar-refractivity contribution in [1.82, 2.24) is 19.6 Å². The molecular weight excluding hydrogens is 371 g/mol. The SMILES string of the molecule is O=C(c1nn(CC2CC2)c2c1COCC2)N1CCN(Cc2ccccc2F)CC1. The van der Waals surface area contributed by atoms with Gasteiger partial charge in [-0.3, -0.25) is 14.4 Å². The minimum Gasteiger partial charge on any atom is -0.376 e. The number of nitrogens with zero attached hydrogens (tertiary/aromatic N) is 4. The smallest absolute Gasteiger partial charge is 0.274 e. The van der Waals surface area contributed by atoms with Crippen LogP contribution in [0.1, 0.15) is 40.2 Å². The molecule has 154 valence electrons. The third kappa shape index (κ3) is 3.94. The van der Waals surface area contributed by atoms with E-state index in [0.717, 1.165) is 31.6 Å². The van der Waals surface area contributed by atoms with Gasteiger partial charge in [0.15, 0.2) is 5.69 Å². The molecule has 0 radical (unpaired) electrons. The molecule has 0 spiro atoms. The predicted octanol–water partition coefficient (Wildman–Crippen LogP) is 2.46. The molecule has 29 heavy (non-hydrogen) atoms. The number of benzene rings is 1. The van der Waals surface area contributed by atoms with Crippen LogP contribution in [-0.4, -0.2) is 58.3 Å². The zero-order chi connectivity index (χ0) is 19.8. The van der Waals surface area contributed by atoms with Crippen molar-refractivity contribution in [3.8, 4) is 0 Å². The first-order valence-corrected chi connectivity index (χ1v) is 10.6. The van der Waals surface area contributed by atoms with Crippen molar-refractivity contribution in [3.05, 3.63) is 52.6 Å². The van der Waals surface area contributed by atoms with Crippen LogP contribution in [0.15, 0.2) is 24.3 Å². The summed E-state index contributed by atoms with van der Waals surface area (Å²) in [5, 5.41) is 4.73. The molecule has 1 amide bonds. The van der Waals surface area contributed by atoms with Gasteiger partial charge in [-0.2, -0.15) is 5.10 Å². The van der Waals surface area contributed by atoms with Crippen LogP contribution >= 0.6 is 0 Å². The van der Waals surface area contributed by atoms with Crippen molar-refractivity contribution in [2.45, 2.75) is 39.0 Å². The van der Waals surface area contributed by atoms with Gasteiger partial charge in [0.05, 0.1) is 13.2 Å². The first kappa shape index (κ1) is 18.8. The van der Waals surface area contributed by atoms with Crippen LogP contribution in [0.2, 0.25) is 0 Å². The Bertz CT molecular complexity index is 900. The average Bonchev–Trinajstić information content (AvgIpc) is 3.50. The molecule has 1 saturated carbocycles. The molecule has 2 fully saturated rings. The molecular formula is C22H27FN4O2. The number of ether oxygens (including phenoxy) is 1. The molecule has 0 N–H and O–H groups in total. The fourth-order valence-electron chi connectivity index (χ4n) is 4.30. The Balaban J connectivity index is 1.26. The lowest BCUT2D eigenvalue weighted by Gasteiger charge is -2.34. The zero-order valence-corrected chi connectivity index (χ0v) is 16.6. The van der Waals surface area contributed by atoms with E-state index in [0.29, 0.717) is 50.0 Å². The highest BCUT2D eigenvalue weighted by Gasteiger charge is 2.32. The standard InChI is InChI=1S/C22H27FN4O2/c23-19-4-2-1-3-17(19)14-25-8-10-26(11-9-25)22(28)21-18-15-29-12-7-20(18)27(24-21)13-16-5-6-16/h1-4,16H,5-15H2. The number of hydrogen-bond acceptors (Lipinski definition) is 4. The van der Waals surface area contributed by atoms with Gasteiger partial charge in [0.2, 0.25) is 0 Å². The number of hydrogen-bond donors (Lipinski definition) is 0. The van der Waals surface area contributed by atoms with Crippen LogP contribution in [-0.2, 0) is 30.9 Å². The summed E-state index contributed by atoms with van der Waals surface area (Å²) in [6, 6.07) is 6.90. The lowest BCUT2D eigenvalue weighted by molar-refractivity contribution is 0.0611. The van der Waals surface area contributed by atoms with Gasteiger partial charge in [0.1, 0.15) is 5.82 Å². The van der Waals surface area contributed by atoms with Gasteiger partial charge in [-0.1, -0.05) is 18.2 Å². The van der Waals surface area contributed by atoms with Crippen LogP contribution in [0.5, 0.6) is 0 Å². The van der Waals surface area contributed by atoms with Crippen LogP contribution in [0.25, 0.3) is 0 Å². The summed E-state index contributed by atoms with van der Waals surface area (Å²) in [5.74, 6) is 0.553. The number of carbonyl (C=O) groups is 1. The molecule has 0 atom stereocenters. The number of fused-ring (bicyclic) bond motifs is 1. The van der Waals surface area contributed by atoms with Crippen molar-refractivity contribution in [2.24, 2.45) is 5.92 Å². The minimum atomic E-state index is -0.168. The van der Waals surface area contributed by atoms with Crippen LogP contribution in [0.3, 0.4) is 0 Å². The van der Waals surface area contributed by atoms with E-state index in [4.69, 9.17) is 9.84 Å². The second-order valence-electron chi connectivity index (χ2n) is 8.36. The van der Waals surface area contributed by atoms with Crippen LogP contribution in [0.4, 0.5) is 4.39 Å². The van der Waals surface area contributed by atoms with Gasteiger partial charge in [-0.05, 0) is 24.8 Å². The van der Waals surface area contributed by atoms with Gasteiger partial charge in [0, 0.05) is 62.5 Å². The normalized spacial score (nSPS) is 20.0. The maximum Gasteiger partial charge on any atom is 0.274 e. The summed E-state index contributed by atoms with van der Waals surface area (Å²) < 4.78 is 21.6. The highest BCUT2D eigenvalue weighted by molar-refractivity contribution is 5.94. The van der Waals surface area contributed by atoms with Crippen LogP contribution in [0, 0.1) is 11.7 Å². The molecule has 1 aromatic heterocycles. The Kier molecular flexibility index (Phi) is 5.09. The van der Waals surface area contributed by atoms with E-state index in [1.165, 1.54) is 24.6 Å². The van der Waals surface area contributed by atoms with Gasteiger partial charge in [-0.25, -0.2) is 4.39 Å². The van der Waals surface area contributed by atoms with E-state index in [1.54, 1.807) is 6.07 Å². The third-order valence-corrected chi connectivity index (χ3v) is 6.24. The monoisotopic (exact) mass is 398 g/mol. The summed E-state index contributed by atoms with van der Waals surface area (Å²) in [6.07, 6.45) is 3.36. The predicted molar refractivity (Wildman–Crippen MR) is 106 cm³/mol. The van der Waals surface area contributed by atoms with E-state index >= 15 is 0 Å². The number of piperazine rings is 1. The summed E-state index contributed by atoms with van der Waals surface area (Å²) in [6.45, 7) is 5.43. The lowest BCUT2D eigenvalue weighted by Crippen LogP contribution is -2.48. The van der Waals surface area contributed by atoms with Crippen molar-refractivity contribution >= 4 is 5.91 Å². The van der Waals surface area contributed by atoms with Crippen molar-refractivity contribution in [1.29, 1.82) is 0 Å². The van der Waals surface area contributed by atoms with E-state index in [1.807, 2.05) is 17.0 Å². The average molecular weight is 398 g/mol. The van der Waals surface area contributed by atoms with Gasteiger partial charge >= 0.3 is 0 Å². The Morgan fingerprint density at radius 1 is 1.17 bits per heavy atom. The van der Waals surface area contributed by atoms with Crippen LogP contribution < -0.4 is 0 Å². The molecule has 7 heteroatoms. The Morgan fingerprint density at radius 3 is 2.72 bits per heavy atom. The van der Waals surface area contributed by atoms with Gasteiger partial charge in [-0.15, -0.1) is 0 Å². The molecule has 6 nitrogen and oxygen atoms in total. The van der Waals surface area contributed by atoms with Crippen molar-refractivity contribution < 1.29 is 13.9 Å². The molecule has 2 aromatic rings. The maximum absolute atomic E-state index is 13.9. The fraction of sp³-hybridized carbons (Fsp3) is 0.545. The summed E-state index contributed by atoms with van der Waals surface area (Å²) >= 11 is 0. The highest BCUT2D eigenvalue weighted by Crippen LogP contribution is 2.32. The van der Waals surface area contributed by atoms with E-state index in [2.05, 4.69) is 9.58 Å². The number of rotatable bonds is 5. The molecule has 2 aliphatic heterocycles. The second-order valence-corrected chi connectivity index (χ2v) is 8.36. The number of aromatic nitrogens is 2. The molecule has 3 heterocycles. The summed E-state index contributed by atoms with van der Waals surface area (Å²) in [4.78, 5) is 17.3. The highest BCUT2D eigenvalue weighted by atomic mass is 19.1. The Morgan fingerprint density at radius 2 is 1.97 bits per heavy atom. The number of amides is 1. The Hall–Kier alpha value is -2.25. The van der Waals surface area contributed by atoms with E-state index in [-0.39, 0.29) is 11.7 Å². The topological polar surface area (TPSA) is 50.6 Å². The first-order chi connectivity index (χ1) is 14.2. The van der Waals surface area contributed by atoms with Gasteiger partial charge < -0.3 is 9.64 Å². The molecule has 1 aromatic carbocycles. The largest absolute Gasteiger partial charge is 0.376 e. The number of carbonyl (C=O) groups excluding carboxylic acids is 1. The second kappa shape index (κ2) is 7.88. The quantitative estimate of drug-likeness (QED) is 0.777. The molecule has 3 aliphatic rings. The number of halogens is 1. The summed E-state index contributed by atoms with van der Waals surface area (Å²) in [7, 11) is 0. The summed E-state index contributed by atoms with van der Waals surface area (Å²) in [5.41, 5.74) is 3.44. The fourth-order valence-corrected chi connectivity index (χ4v) is 4.30. The van der Waals surface area contributed by atoms with Crippen molar-refractivity contribution in [3.63, 3.8) is 0 Å². The maximum atomic E-state index is 13.9.